The number of rotatable bonds is 3. The molecule has 2 rings (SSSR count). The Kier molecular flexibility index (Phi) is 5.03. The van der Waals surface area contributed by atoms with Gasteiger partial charge in [0.25, 0.3) is 0 Å². The van der Waals surface area contributed by atoms with E-state index in [-0.39, 0.29) is 29.9 Å². The Hall–Kier alpha value is -1.79. The minimum absolute atomic E-state index is 0.0584. The first-order valence-corrected chi connectivity index (χ1v) is 7.37. The molecular formula is C14H22N2O5. The van der Waals surface area contributed by atoms with Gasteiger partial charge >= 0.3 is 18.0 Å². The smallest absolute Gasteiger partial charge is 0.317 e. The molecule has 1 saturated carbocycles. The lowest BCUT2D eigenvalue weighted by molar-refractivity contribution is -0.146. The van der Waals surface area contributed by atoms with Crippen LogP contribution in [0, 0.1) is 11.8 Å². The number of hydrogen-bond donors (Lipinski definition) is 2. The number of methoxy groups -OCH3 is 1. The van der Waals surface area contributed by atoms with Crippen molar-refractivity contribution in [2.45, 2.75) is 38.1 Å². The number of aliphatic carboxylic acids is 1. The van der Waals surface area contributed by atoms with Gasteiger partial charge < -0.3 is 20.1 Å². The molecule has 0 bridgehead atoms. The quantitative estimate of drug-likeness (QED) is 0.753. The predicted octanol–water partition coefficient (Wildman–Crippen LogP) is 0.834. The second kappa shape index (κ2) is 6.78. The summed E-state index contributed by atoms with van der Waals surface area (Å²) in [6, 6.07) is -0.216. The van der Waals surface area contributed by atoms with Gasteiger partial charge in [0, 0.05) is 19.1 Å². The van der Waals surface area contributed by atoms with Crippen molar-refractivity contribution in [1.82, 2.24) is 10.2 Å². The van der Waals surface area contributed by atoms with Crippen LogP contribution in [0.25, 0.3) is 0 Å². The van der Waals surface area contributed by atoms with Crippen molar-refractivity contribution >= 4 is 18.0 Å². The van der Waals surface area contributed by atoms with Crippen LogP contribution in [-0.2, 0) is 14.3 Å². The topological polar surface area (TPSA) is 95.9 Å². The Morgan fingerprint density at radius 3 is 2.29 bits per heavy atom. The Morgan fingerprint density at radius 1 is 1.10 bits per heavy atom. The zero-order valence-corrected chi connectivity index (χ0v) is 12.2. The summed E-state index contributed by atoms with van der Waals surface area (Å²) in [5.41, 5.74) is 0. The molecule has 2 aliphatic rings. The number of carboxylic acids is 1. The van der Waals surface area contributed by atoms with Crippen molar-refractivity contribution in [3.63, 3.8) is 0 Å². The molecule has 0 radical (unpaired) electrons. The van der Waals surface area contributed by atoms with E-state index in [1.807, 2.05) is 0 Å². The van der Waals surface area contributed by atoms with Gasteiger partial charge in [-0.3, -0.25) is 9.59 Å². The van der Waals surface area contributed by atoms with Crippen molar-refractivity contribution in [1.29, 1.82) is 0 Å². The molecule has 2 unspecified atom stereocenters. The first kappa shape index (κ1) is 15.6. The van der Waals surface area contributed by atoms with Gasteiger partial charge in [-0.15, -0.1) is 0 Å². The third kappa shape index (κ3) is 3.86. The summed E-state index contributed by atoms with van der Waals surface area (Å²) in [5, 5.41) is 11.9. The van der Waals surface area contributed by atoms with Crippen LogP contribution in [0.2, 0.25) is 0 Å². The number of carboxylic acid groups (broad SMARTS) is 1. The number of nitrogens with zero attached hydrogens (tertiary/aromatic N) is 1. The molecule has 1 saturated heterocycles. The maximum Gasteiger partial charge on any atom is 0.317 e. The van der Waals surface area contributed by atoms with Crippen molar-refractivity contribution in [2.75, 3.05) is 20.2 Å². The standard InChI is InChI=1S/C14H22N2O5/c1-21-13(19)9-4-6-16(7-5-9)14(20)15-11-3-2-10(8-11)12(17)18/h9-11H,2-8H2,1H3,(H,15,20)(H,17,18). The van der Waals surface area contributed by atoms with Crippen LogP contribution in [0.15, 0.2) is 0 Å². The highest BCUT2D eigenvalue weighted by atomic mass is 16.5. The lowest BCUT2D eigenvalue weighted by Gasteiger charge is -2.31. The zero-order chi connectivity index (χ0) is 15.4. The molecule has 0 aromatic heterocycles. The normalized spacial score (nSPS) is 26.4. The van der Waals surface area contributed by atoms with Gasteiger partial charge in [0.05, 0.1) is 18.9 Å². The summed E-state index contributed by atoms with van der Waals surface area (Å²) >= 11 is 0. The number of amides is 2. The molecule has 2 atom stereocenters. The SMILES string of the molecule is COC(=O)C1CCN(C(=O)NC2CCC(C(=O)O)C2)CC1. The summed E-state index contributed by atoms with van der Waals surface area (Å²) in [6.07, 6.45) is 3.05. The van der Waals surface area contributed by atoms with E-state index < -0.39 is 5.97 Å². The third-order valence-electron chi connectivity index (χ3n) is 4.43. The average molecular weight is 298 g/mol. The molecule has 7 nitrogen and oxygen atoms in total. The summed E-state index contributed by atoms with van der Waals surface area (Å²) in [4.78, 5) is 36.1. The van der Waals surface area contributed by atoms with Gasteiger partial charge in [-0.25, -0.2) is 4.79 Å². The van der Waals surface area contributed by atoms with E-state index in [9.17, 15) is 14.4 Å². The van der Waals surface area contributed by atoms with Crippen LogP contribution < -0.4 is 5.32 Å². The van der Waals surface area contributed by atoms with Crippen LogP contribution >= 0.6 is 0 Å². The molecule has 0 aromatic rings. The summed E-state index contributed by atoms with van der Waals surface area (Å²) in [6.45, 7) is 1.06. The highest BCUT2D eigenvalue weighted by molar-refractivity contribution is 5.76. The number of carbonyl (C=O) groups is 3. The summed E-state index contributed by atoms with van der Waals surface area (Å²) in [5.74, 6) is -1.47. The Morgan fingerprint density at radius 2 is 1.76 bits per heavy atom. The molecule has 1 aliphatic carbocycles. The fourth-order valence-electron chi connectivity index (χ4n) is 3.09. The fourth-order valence-corrected chi connectivity index (χ4v) is 3.09. The number of likely N-dealkylation sites (tertiary alicyclic amines) is 1. The van der Waals surface area contributed by atoms with Crippen LogP contribution in [-0.4, -0.2) is 54.2 Å². The predicted molar refractivity (Wildman–Crippen MR) is 73.6 cm³/mol. The van der Waals surface area contributed by atoms with Gasteiger partial charge in [0.15, 0.2) is 0 Å². The van der Waals surface area contributed by atoms with E-state index in [0.29, 0.717) is 45.2 Å². The van der Waals surface area contributed by atoms with Crippen LogP contribution in [0.4, 0.5) is 4.79 Å². The minimum Gasteiger partial charge on any atom is -0.481 e. The van der Waals surface area contributed by atoms with Crippen molar-refractivity contribution in [3.8, 4) is 0 Å². The van der Waals surface area contributed by atoms with Gasteiger partial charge in [0.2, 0.25) is 0 Å². The number of esters is 1. The van der Waals surface area contributed by atoms with Gasteiger partial charge in [0.1, 0.15) is 0 Å². The number of ether oxygens (including phenoxy) is 1. The molecule has 2 fully saturated rings. The molecule has 0 spiro atoms. The van der Waals surface area contributed by atoms with E-state index in [0.717, 1.165) is 0 Å². The van der Waals surface area contributed by atoms with Crippen LogP contribution in [0.5, 0.6) is 0 Å². The minimum atomic E-state index is -0.786. The number of carbonyl (C=O) groups excluding carboxylic acids is 2. The average Bonchev–Trinajstić information content (AvgIpc) is 2.95. The van der Waals surface area contributed by atoms with Crippen molar-refractivity contribution in [3.05, 3.63) is 0 Å². The van der Waals surface area contributed by atoms with Gasteiger partial charge in [-0.1, -0.05) is 0 Å². The summed E-state index contributed by atoms with van der Waals surface area (Å²) < 4.78 is 4.71. The highest BCUT2D eigenvalue weighted by Gasteiger charge is 2.33. The molecule has 1 heterocycles. The molecular weight excluding hydrogens is 276 g/mol. The Balaban J connectivity index is 1.75. The number of piperidine rings is 1. The third-order valence-corrected chi connectivity index (χ3v) is 4.43. The number of hydrogen-bond acceptors (Lipinski definition) is 4. The molecule has 118 valence electrons. The molecule has 21 heavy (non-hydrogen) atoms. The maximum atomic E-state index is 12.1. The Bertz CT molecular complexity index is 418. The van der Waals surface area contributed by atoms with Crippen LogP contribution in [0.3, 0.4) is 0 Å². The number of urea groups is 1. The lowest BCUT2D eigenvalue weighted by atomic mass is 9.97. The van der Waals surface area contributed by atoms with Crippen LogP contribution in [0.1, 0.15) is 32.1 Å². The van der Waals surface area contributed by atoms with E-state index in [4.69, 9.17) is 9.84 Å². The van der Waals surface area contributed by atoms with E-state index in [2.05, 4.69) is 5.32 Å². The molecule has 7 heteroatoms. The van der Waals surface area contributed by atoms with Gasteiger partial charge in [-0.05, 0) is 32.1 Å². The lowest BCUT2D eigenvalue weighted by Crippen LogP contribution is -2.48. The van der Waals surface area contributed by atoms with E-state index in [1.54, 1.807) is 4.90 Å². The molecule has 1 aliphatic heterocycles. The second-order valence-corrected chi connectivity index (χ2v) is 5.78. The summed E-state index contributed by atoms with van der Waals surface area (Å²) in [7, 11) is 1.38. The molecule has 2 N–H and O–H groups in total. The van der Waals surface area contributed by atoms with E-state index >= 15 is 0 Å². The fraction of sp³-hybridized carbons (Fsp3) is 0.786. The zero-order valence-electron chi connectivity index (χ0n) is 12.2. The molecule has 2 amide bonds. The first-order chi connectivity index (χ1) is 10.0. The van der Waals surface area contributed by atoms with E-state index in [1.165, 1.54) is 7.11 Å². The van der Waals surface area contributed by atoms with Gasteiger partial charge in [-0.2, -0.15) is 0 Å². The van der Waals surface area contributed by atoms with Crippen molar-refractivity contribution in [2.24, 2.45) is 11.8 Å². The second-order valence-electron chi connectivity index (χ2n) is 5.78. The molecule has 0 aromatic carbocycles. The first-order valence-electron chi connectivity index (χ1n) is 7.37. The highest BCUT2D eigenvalue weighted by Crippen LogP contribution is 2.26. The Labute approximate surface area is 123 Å². The number of nitrogens with one attached hydrogen (secondary N) is 1. The monoisotopic (exact) mass is 298 g/mol. The maximum absolute atomic E-state index is 12.1. The van der Waals surface area contributed by atoms with Crippen molar-refractivity contribution < 1.29 is 24.2 Å². The largest absolute Gasteiger partial charge is 0.481 e.